The number of phenols is 1. The van der Waals surface area contributed by atoms with Gasteiger partial charge in [0.05, 0.1) is 12.6 Å². The number of aromatic nitrogens is 1. The summed E-state index contributed by atoms with van der Waals surface area (Å²) in [4.78, 5) is 27.1. The number of hydrogen-bond acceptors (Lipinski definition) is 4. The molecule has 6 heteroatoms. The molecule has 0 atom stereocenters. The van der Waals surface area contributed by atoms with E-state index >= 15 is 0 Å². The Morgan fingerprint density at radius 1 is 1.11 bits per heavy atom. The summed E-state index contributed by atoms with van der Waals surface area (Å²) in [5, 5.41) is 13.1. The van der Waals surface area contributed by atoms with E-state index in [0.29, 0.717) is 29.8 Å². The van der Waals surface area contributed by atoms with Gasteiger partial charge in [-0.05, 0) is 60.5 Å². The van der Waals surface area contributed by atoms with Crippen molar-refractivity contribution in [2.75, 3.05) is 13.7 Å². The smallest absolute Gasteiger partial charge is 0.251 e. The number of ether oxygens (including phenoxy) is 1. The van der Waals surface area contributed by atoms with Crippen LogP contribution in [0.5, 0.6) is 11.5 Å². The molecule has 0 aliphatic rings. The fourth-order valence-corrected chi connectivity index (χ4v) is 3.06. The van der Waals surface area contributed by atoms with E-state index in [1.54, 1.807) is 25.3 Å². The third-order valence-electron chi connectivity index (χ3n) is 4.65. The number of rotatable bonds is 8. The Hall–Kier alpha value is -3.28. The fourth-order valence-electron chi connectivity index (χ4n) is 3.06. The summed E-state index contributed by atoms with van der Waals surface area (Å²) in [5.74, 6) is 0.863. The second-order valence-electron chi connectivity index (χ2n) is 6.70. The number of aromatic amines is 1. The van der Waals surface area contributed by atoms with Crippen molar-refractivity contribution < 1.29 is 14.6 Å². The standard InChI is InChI=1S/C22H24N2O4/c1-28-19-10-6-16-13-17(22(27)24-20(16)14-19)7-11-21(26)23-12-2-3-15-4-8-18(25)9-5-15/h4-6,8-10,13-14,25H,2-3,7,11-12H2,1H3,(H,23,26)(H,24,27). The van der Waals surface area contributed by atoms with E-state index in [2.05, 4.69) is 10.3 Å². The minimum Gasteiger partial charge on any atom is -0.508 e. The number of carbonyl (C=O) groups is 1. The van der Waals surface area contributed by atoms with Gasteiger partial charge in [0.2, 0.25) is 5.91 Å². The van der Waals surface area contributed by atoms with Gasteiger partial charge < -0.3 is 20.1 Å². The number of amides is 1. The largest absolute Gasteiger partial charge is 0.508 e. The van der Waals surface area contributed by atoms with E-state index in [4.69, 9.17) is 4.74 Å². The highest BCUT2D eigenvalue weighted by atomic mass is 16.5. The predicted octanol–water partition coefficient (Wildman–Crippen LogP) is 2.92. The molecule has 2 aromatic carbocycles. The summed E-state index contributed by atoms with van der Waals surface area (Å²) in [6, 6.07) is 14.4. The first-order valence-corrected chi connectivity index (χ1v) is 9.30. The molecule has 0 saturated heterocycles. The van der Waals surface area contributed by atoms with Gasteiger partial charge in [-0.1, -0.05) is 12.1 Å². The number of aromatic hydroxyl groups is 1. The zero-order valence-electron chi connectivity index (χ0n) is 15.8. The molecule has 1 amide bonds. The maximum atomic E-state index is 12.2. The number of phenolic OH excluding ortho intramolecular Hbond substituents is 1. The number of methoxy groups -OCH3 is 1. The summed E-state index contributed by atoms with van der Waals surface area (Å²) in [6.45, 7) is 0.577. The highest BCUT2D eigenvalue weighted by molar-refractivity contribution is 5.81. The van der Waals surface area contributed by atoms with Crippen LogP contribution in [0.3, 0.4) is 0 Å². The molecule has 0 aliphatic heterocycles. The SMILES string of the molecule is COc1ccc2cc(CCC(=O)NCCCc3ccc(O)cc3)c(=O)[nH]c2c1. The van der Waals surface area contributed by atoms with Crippen LogP contribution in [0.25, 0.3) is 10.9 Å². The van der Waals surface area contributed by atoms with Crippen LogP contribution in [0.15, 0.2) is 53.3 Å². The Bertz CT molecular complexity index is 1010. The quantitative estimate of drug-likeness (QED) is 0.524. The van der Waals surface area contributed by atoms with Gasteiger partial charge in [0.25, 0.3) is 5.56 Å². The third-order valence-corrected chi connectivity index (χ3v) is 4.65. The molecule has 0 fully saturated rings. The minimum absolute atomic E-state index is 0.0695. The molecule has 0 unspecified atom stereocenters. The van der Waals surface area contributed by atoms with Crippen LogP contribution in [-0.2, 0) is 17.6 Å². The van der Waals surface area contributed by atoms with Gasteiger partial charge in [-0.25, -0.2) is 0 Å². The number of hydrogen-bond donors (Lipinski definition) is 3. The Balaban J connectivity index is 1.48. The number of nitrogens with one attached hydrogen (secondary N) is 2. The number of H-pyrrole nitrogens is 1. The molecule has 0 spiro atoms. The molecule has 1 heterocycles. The van der Waals surface area contributed by atoms with Crippen molar-refractivity contribution in [2.24, 2.45) is 0 Å². The van der Waals surface area contributed by atoms with Crippen molar-refractivity contribution in [3.05, 3.63) is 70.0 Å². The minimum atomic E-state index is -0.180. The summed E-state index contributed by atoms with van der Waals surface area (Å²) in [5.41, 5.74) is 2.25. The van der Waals surface area contributed by atoms with Crippen LogP contribution in [-0.4, -0.2) is 29.7 Å². The molecule has 0 saturated carbocycles. The number of pyridine rings is 1. The Morgan fingerprint density at radius 2 is 1.89 bits per heavy atom. The number of benzene rings is 2. The lowest BCUT2D eigenvalue weighted by Gasteiger charge is -2.07. The average Bonchev–Trinajstić information content (AvgIpc) is 2.70. The maximum Gasteiger partial charge on any atom is 0.251 e. The van der Waals surface area contributed by atoms with Crippen molar-refractivity contribution in [1.29, 1.82) is 0 Å². The first-order chi connectivity index (χ1) is 13.5. The molecule has 0 radical (unpaired) electrons. The first kappa shape index (κ1) is 19.5. The van der Waals surface area contributed by atoms with E-state index < -0.39 is 0 Å². The molecule has 0 aliphatic carbocycles. The maximum absolute atomic E-state index is 12.2. The Morgan fingerprint density at radius 3 is 2.64 bits per heavy atom. The molecular formula is C22H24N2O4. The van der Waals surface area contributed by atoms with Crippen LogP contribution in [0, 0.1) is 0 Å². The Kier molecular flexibility index (Phi) is 6.32. The van der Waals surface area contributed by atoms with Crippen LogP contribution in [0.2, 0.25) is 0 Å². The second-order valence-corrected chi connectivity index (χ2v) is 6.70. The molecular weight excluding hydrogens is 356 g/mol. The molecule has 0 bridgehead atoms. The topological polar surface area (TPSA) is 91.4 Å². The van der Waals surface area contributed by atoms with Crippen LogP contribution in [0.1, 0.15) is 24.0 Å². The van der Waals surface area contributed by atoms with Gasteiger partial charge in [0, 0.05) is 24.6 Å². The predicted molar refractivity (Wildman–Crippen MR) is 109 cm³/mol. The van der Waals surface area contributed by atoms with Gasteiger partial charge in [0.15, 0.2) is 0 Å². The van der Waals surface area contributed by atoms with Crippen LogP contribution >= 0.6 is 0 Å². The highest BCUT2D eigenvalue weighted by Gasteiger charge is 2.07. The molecule has 28 heavy (non-hydrogen) atoms. The summed E-state index contributed by atoms with van der Waals surface area (Å²) in [7, 11) is 1.58. The third kappa shape index (κ3) is 5.13. The number of aryl methyl sites for hydroxylation is 2. The summed E-state index contributed by atoms with van der Waals surface area (Å²) in [6.07, 6.45) is 2.30. The van der Waals surface area contributed by atoms with E-state index in [9.17, 15) is 14.7 Å². The zero-order chi connectivity index (χ0) is 19.9. The lowest BCUT2D eigenvalue weighted by atomic mass is 10.1. The average molecular weight is 380 g/mol. The van der Waals surface area contributed by atoms with E-state index in [1.807, 2.05) is 30.3 Å². The molecule has 6 nitrogen and oxygen atoms in total. The number of carbonyl (C=O) groups excluding carboxylic acids is 1. The monoisotopic (exact) mass is 380 g/mol. The normalized spacial score (nSPS) is 10.8. The van der Waals surface area contributed by atoms with Crippen molar-refractivity contribution >= 4 is 16.8 Å². The Labute approximate surface area is 163 Å². The van der Waals surface area contributed by atoms with Crippen molar-refractivity contribution in [3.8, 4) is 11.5 Å². The van der Waals surface area contributed by atoms with E-state index in [0.717, 1.165) is 23.8 Å². The molecule has 1 aromatic heterocycles. The van der Waals surface area contributed by atoms with E-state index in [1.165, 1.54) is 0 Å². The van der Waals surface area contributed by atoms with Crippen molar-refractivity contribution in [1.82, 2.24) is 10.3 Å². The van der Waals surface area contributed by atoms with Gasteiger partial charge >= 0.3 is 0 Å². The van der Waals surface area contributed by atoms with Gasteiger partial charge in [0.1, 0.15) is 11.5 Å². The molecule has 3 N–H and O–H groups in total. The van der Waals surface area contributed by atoms with Gasteiger partial charge in [-0.3, -0.25) is 9.59 Å². The summed E-state index contributed by atoms with van der Waals surface area (Å²) >= 11 is 0. The summed E-state index contributed by atoms with van der Waals surface area (Å²) < 4.78 is 5.17. The fraction of sp³-hybridized carbons (Fsp3) is 0.273. The second kappa shape index (κ2) is 9.08. The zero-order valence-corrected chi connectivity index (χ0v) is 15.8. The number of fused-ring (bicyclic) bond motifs is 1. The highest BCUT2D eigenvalue weighted by Crippen LogP contribution is 2.18. The first-order valence-electron chi connectivity index (χ1n) is 9.30. The van der Waals surface area contributed by atoms with Crippen molar-refractivity contribution in [2.45, 2.75) is 25.7 Å². The molecule has 3 rings (SSSR count). The van der Waals surface area contributed by atoms with Crippen LogP contribution < -0.4 is 15.6 Å². The van der Waals surface area contributed by atoms with Crippen LogP contribution in [0.4, 0.5) is 0 Å². The lowest BCUT2D eigenvalue weighted by molar-refractivity contribution is -0.121. The molecule has 3 aromatic rings. The molecule has 146 valence electrons. The van der Waals surface area contributed by atoms with Gasteiger partial charge in [-0.2, -0.15) is 0 Å². The van der Waals surface area contributed by atoms with E-state index in [-0.39, 0.29) is 23.6 Å². The van der Waals surface area contributed by atoms with Gasteiger partial charge in [-0.15, -0.1) is 0 Å². The lowest BCUT2D eigenvalue weighted by Crippen LogP contribution is -2.26. The van der Waals surface area contributed by atoms with Crippen molar-refractivity contribution in [3.63, 3.8) is 0 Å².